The molecule has 0 unspecified atom stereocenters. The second-order valence-corrected chi connectivity index (χ2v) is 6.49. The highest BCUT2D eigenvalue weighted by molar-refractivity contribution is 5.98. The van der Waals surface area contributed by atoms with Crippen LogP contribution in [0.2, 0.25) is 0 Å². The number of aromatic nitrogens is 2. The van der Waals surface area contributed by atoms with Crippen LogP contribution in [-0.2, 0) is 22.4 Å². The van der Waals surface area contributed by atoms with Gasteiger partial charge >= 0.3 is 0 Å². The number of anilines is 1. The number of hydrogen-bond donors (Lipinski definition) is 4. The molecule has 0 fully saturated rings. The molecule has 0 bridgehead atoms. The second kappa shape index (κ2) is 9.48. The smallest absolute Gasteiger partial charge is 0.247 e. The lowest BCUT2D eigenvalue weighted by molar-refractivity contribution is -0.127. The highest BCUT2D eigenvalue weighted by Crippen LogP contribution is 2.09. The average Bonchev–Trinajstić information content (AvgIpc) is 3.22. The molecular formula is C21H23N5O2. The molecule has 1 aromatic heterocycles. The van der Waals surface area contributed by atoms with Crippen molar-refractivity contribution < 1.29 is 9.59 Å². The van der Waals surface area contributed by atoms with Crippen molar-refractivity contribution in [2.45, 2.75) is 24.9 Å². The predicted molar refractivity (Wildman–Crippen MR) is 107 cm³/mol. The normalized spacial score (nSPS) is 12.8. The molecule has 1 heterocycles. The van der Waals surface area contributed by atoms with Crippen molar-refractivity contribution in [3.63, 3.8) is 0 Å². The molecule has 2 aromatic carbocycles. The lowest BCUT2D eigenvalue weighted by Crippen LogP contribution is -2.51. The Balaban J connectivity index is 1.69. The number of carbonyl (C=O) groups is 2. The van der Waals surface area contributed by atoms with Crippen molar-refractivity contribution in [3.05, 3.63) is 84.4 Å². The van der Waals surface area contributed by atoms with E-state index in [0.717, 1.165) is 11.3 Å². The number of imidazole rings is 1. The van der Waals surface area contributed by atoms with Gasteiger partial charge in [0.2, 0.25) is 11.8 Å². The number of H-pyrrole nitrogens is 1. The van der Waals surface area contributed by atoms with Gasteiger partial charge in [-0.25, -0.2) is 4.98 Å². The van der Waals surface area contributed by atoms with Crippen LogP contribution in [-0.4, -0.2) is 33.9 Å². The van der Waals surface area contributed by atoms with Crippen molar-refractivity contribution in [1.29, 1.82) is 0 Å². The summed E-state index contributed by atoms with van der Waals surface area (Å²) in [5.41, 5.74) is 8.38. The number of benzene rings is 2. The Labute approximate surface area is 163 Å². The summed E-state index contributed by atoms with van der Waals surface area (Å²) in [5, 5.41) is 5.63. The minimum Gasteiger partial charge on any atom is -0.348 e. The topological polar surface area (TPSA) is 113 Å². The number of nitrogens with one attached hydrogen (secondary N) is 3. The van der Waals surface area contributed by atoms with Crippen LogP contribution in [0.4, 0.5) is 5.69 Å². The van der Waals surface area contributed by atoms with E-state index in [1.54, 1.807) is 18.3 Å². The molecule has 144 valence electrons. The molecule has 0 spiro atoms. The number of rotatable bonds is 8. The lowest BCUT2D eigenvalue weighted by Gasteiger charge is -2.21. The lowest BCUT2D eigenvalue weighted by atomic mass is 10.0. The van der Waals surface area contributed by atoms with Gasteiger partial charge in [0.1, 0.15) is 6.04 Å². The zero-order valence-electron chi connectivity index (χ0n) is 15.3. The first kappa shape index (κ1) is 19.3. The summed E-state index contributed by atoms with van der Waals surface area (Å²) in [4.78, 5) is 32.2. The summed E-state index contributed by atoms with van der Waals surface area (Å²) >= 11 is 0. The molecule has 7 nitrogen and oxygen atoms in total. The zero-order valence-corrected chi connectivity index (χ0v) is 15.3. The number of para-hydroxylation sites is 1. The Bertz CT molecular complexity index is 882. The Morgan fingerprint density at radius 2 is 1.64 bits per heavy atom. The summed E-state index contributed by atoms with van der Waals surface area (Å²) in [6, 6.07) is 17.1. The first-order chi connectivity index (χ1) is 13.6. The van der Waals surface area contributed by atoms with Gasteiger partial charge in [0.25, 0.3) is 0 Å². The van der Waals surface area contributed by atoms with Crippen molar-refractivity contribution in [3.8, 4) is 0 Å². The van der Waals surface area contributed by atoms with Crippen molar-refractivity contribution in [2.75, 3.05) is 5.32 Å². The molecule has 2 atom stereocenters. The fourth-order valence-corrected chi connectivity index (χ4v) is 2.81. The van der Waals surface area contributed by atoms with E-state index in [2.05, 4.69) is 20.6 Å². The summed E-state index contributed by atoms with van der Waals surface area (Å²) in [7, 11) is 0. The van der Waals surface area contributed by atoms with Gasteiger partial charge in [-0.05, 0) is 17.7 Å². The molecular weight excluding hydrogens is 354 g/mol. The highest BCUT2D eigenvalue weighted by Gasteiger charge is 2.24. The third-order valence-electron chi connectivity index (χ3n) is 4.29. The zero-order chi connectivity index (χ0) is 19.8. The molecule has 3 aromatic rings. The molecule has 0 aliphatic carbocycles. The van der Waals surface area contributed by atoms with Crippen LogP contribution in [0.15, 0.2) is 73.2 Å². The molecule has 3 rings (SSSR count). The minimum absolute atomic E-state index is 0.294. The monoisotopic (exact) mass is 377 g/mol. The van der Waals surface area contributed by atoms with E-state index in [1.807, 2.05) is 48.5 Å². The molecule has 7 heteroatoms. The number of hydrogen-bond acceptors (Lipinski definition) is 4. The Morgan fingerprint density at radius 1 is 0.964 bits per heavy atom. The van der Waals surface area contributed by atoms with E-state index in [-0.39, 0.29) is 5.91 Å². The quantitative estimate of drug-likeness (QED) is 0.478. The number of amides is 2. The third-order valence-corrected chi connectivity index (χ3v) is 4.29. The van der Waals surface area contributed by atoms with E-state index in [1.165, 1.54) is 6.33 Å². The number of aromatic amines is 1. The van der Waals surface area contributed by atoms with Gasteiger partial charge in [-0.3, -0.25) is 9.59 Å². The van der Waals surface area contributed by atoms with E-state index in [9.17, 15) is 9.59 Å². The second-order valence-electron chi connectivity index (χ2n) is 6.49. The van der Waals surface area contributed by atoms with Gasteiger partial charge in [-0.15, -0.1) is 0 Å². The van der Waals surface area contributed by atoms with Crippen molar-refractivity contribution >= 4 is 17.5 Å². The molecule has 0 radical (unpaired) electrons. The summed E-state index contributed by atoms with van der Waals surface area (Å²) < 4.78 is 0. The standard InChI is InChI=1S/C21H23N5O2/c22-18(12-17-13-23-14-24-17)20(27)26-19(11-15-7-3-1-4-8-15)21(28)25-16-9-5-2-6-10-16/h1-10,13-14,18-19H,11-12,22H2,(H,23,24)(H,25,28)(H,26,27)/t18-,19-/m0/s1. The maximum atomic E-state index is 12.8. The Morgan fingerprint density at radius 3 is 2.29 bits per heavy atom. The molecule has 2 amide bonds. The molecule has 0 saturated heterocycles. The van der Waals surface area contributed by atoms with Crippen molar-refractivity contribution in [2.24, 2.45) is 5.73 Å². The first-order valence-electron chi connectivity index (χ1n) is 9.05. The SMILES string of the molecule is N[C@@H](Cc1cnc[nH]1)C(=O)N[C@@H](Cc1ccccc1)C(=O)Nc1ccccc1. The van der Waals surface area contributed by atoms with Crippen LogP contribution in [0, 0.1) is 0 Å². The van der Waals surface area contributed by atoms with Crippen LogP contribution in [0.3, 0.4) is 0 Å². The van der Waals surface area contributed by atoms with Crippen LogP contribution >= 0.6 is 0 Å². The Hall–Kier alpha value is -3.45. The summed E-state index contributed by atoms with van der Waals surface area (Å²) in [5.74, 6) is -0.684. The first-order valence-corrected chi connectivity index (χ1v) is 9.05. The fraction of sp³-hybridized carbons (Fsp3) is 0.190. The van der Waals surface area contributed by atoms with Gasteiger partial charge < -0.3 is 21.4 Å². The molecule has 0 saturated carbocycles. The minimum atomic E-state index is -0.789. The summed E-state index contributed by atoms with van der Waals surface area (Å²) in [6.45, 7) is 0. The van der Waals surface area contributed by atoms with Crippen LogP contribution in [0.1, 0.15) is 11.3 Å². The molecule has 0 aliphatic rings. The molecule has 0 aliphatic heterocycles. The number of nitrogens with two attached hydrogens (primary N) is 1. The van der Waals surface area contributed by atoms with Crippen LogP contribution in [0.5, 0.6) is 0 Å². The van der Waals surface area contributed by atoms with E-state index in [4.69, 9.17) is 5.73 Å². The highest BCUT2D eigenvalue weighted by atomic mass is 16.2. The van der Waals surface area contributed by atoms with Crippen LogP contribution < -0.4 is 16.4 Å². The van der Waals surface area contributed by atoms with Crippen LogP contribution in [0.25, 0.3) is 0 Å². The largest absolute Gasteiger partial charge is 0.348 e. The van der Waals surface area contributed by atoms with E-state index >= 15 is 0 Å². The number of nitrogens with zero attached hydrogens (tertiary/aromatic N) is 1. The number of carbonyl (C=O) groups excluding carboxylic acids is 2. The van der Waals surface area contributed by atoms with Gasteiger partial charge in [-0.2, -0.15) is 0 Å². The van der Waals surface area contributed by atoms with E-state index in [0.29, 0.717) is 18.5 Å². The maximum absolute atomic E-state index is 12.8. The molecule has 28 heavy (non-hydrogen) atoms. The third kappa shape index (κ3) is 5.52. The molecule has 5 N–H and O–H groups in total. The summed E-state index contributed by atoms with van der Waals surface area (Å²) in [6.07, 6.45) is 3.83. The van der Waals surface area contributed by atoms with Gasteiger partial charge in [0, 0.05) is 30.4 Å². The Kier molecular flexibility index (Phi) is 6.54. The van der Waals surface area contributed by atoms with Gasteiger partial charge in [0.15, 0.2) is 0 Å². The van der Waals surface area contributed by atoms with E-state index < -0.39 is 18.0 Å². The van der Waals surface area contributed by atoms with Gasteiger partial charge in [-0.1, -0.05) is 48.5 Å². The predicted octanol–water partition coefficient (Wildman–Crippen LogP) is 1.65. The fourth-order valence-electron chi connectivity index (χ4n) is 2.81. The van der Waals surface area contributed by atoms with Gasteiger partial charge in [0.05, 0.1) is 12.4 Å². The maximum Gasteiger partial charge on any atom is 0.247 e. The van der Waals surface area contributed by atoms with Crippen molar-refractivity contribution in [1.82, 2.24) is 15.3 Å². The average molecular weight is 377 g/mol.